The first-order valence-electron chi connectivity index (χ1n) is 5.70. The van der Waals surface area contributed by atoms with Crippen molar-refractivity contribution < 1.29 is 9.90 Å². The van der Waals surface area contributed by atoms with Gasteiger partial charge in [-0.05, 0) is 12.8 Å². The highest BCUT2D eigenvalue weighted by Gasteiger charge is 2.31. The third-order valence-corrected chi connectivity index (χ3v) is 3.05. The lowest BCUT2D eigenvalue weighted by molar-refractivity contribution is -0.122. The van der Waals surface area contributed by atoms with Gasteiger partial charge in [-0.2, -0.15) is 5.10 Å². The molecule has 0 unspecified atom stereocenters. The first-order chi connectivity index (χ1) is 7.68. The zero-order valence-electron chi connectivity index (χ0n) is 9.20. The number of nitrogens with zero attached hydrogens (tertiary/aromatic N) is 1. The van der Waals surface area contributed by atoms with E-state index in [4.69, 9.17) is 0 Å². The number of amides is 1. The lowest BCUT2D eigenvalue weighted by Gasteiger charge is -2.31. The standard InChI is InChI=1S/C11H17N3O2/c15-10(13-9-4-7-12-14-9)8-11(16)5-2-1-3-6-11/h4,7,16H,1-3,5-6,8H2,(H2,12,13,14,15). The largest absolute Gasteiger partial charge is 0.389 e. The number of carbonyl (C=O) groups is 1. The molecule has 5 nitrogen and oxygen atoms in total. The summed E-state index contributed by atoms with van der Waals surface area (Å²) >= 11 is 0. The fraction of sp³-hybridized carbons (Fsp3) is 0.636. The highest BCUT2D eigenvalue weighted by Crippen LogP contribution is 2.30. The number of anilines is 1. The van der Waals surface area contributed by atoms with Gasteiger partial charge in [0.15, 0.2) is 0 Å². The van der Waals surface area contributed by atoms with Gasteiger partial charge in [-0.3, -0.25) is 9.89 Å². The second-order valence-electron chi connectivity index (χ2n) is 4.48. The Hall–Kier alpha value is -1.36. The van der Waals surface area contributed by atoms with Crippen LogP contribution >= 0.6 is 0 Å². The third-order valence-electron chi connectivity index (χ3n) is 3.05. The van der Waals surface area contributed by atoms with Gasteiger partial charge < -0.3 is 10.4 Å². The Morgan fingerprint density at radius 3 is 2.88 bits per heavy atom. The lowest BCUT2D eigenvalue weighted by atomic mass is 9.82. The van der Waals surface area contributed by atoms with Crippen LogP contribution < -0.4 is 5.32 Å². The van der Waals surface area contributed by atoms with Crippen LogP contribution in [0.1, 0.15) is 38.5 Å². The Morgan fingerprint density at radius 2 is 2.25 bits per heavy atom. The number of aromatic amines is 1. The highest BCUT2D eigenvalue weighted by atomic mass is 16.3. The molecule has 1 heterocycles. The molecule has 0 aliphatic heterocycles. The van der Waals surface area contributed by atoms with Gasteiger partial charge in [0.2, 0.25) is 5.91 Å². The number of nitrogens with one attached hydrogen (secondary N) is 2. The van der Waals surface area contributed by atoms with Crippen LogP contribution in [0.4, 0.5) is 5.82 Å². The fourth-order valence-corrected chi connectivity index (χ4v) is 2.21. The monoisotopic (exact) mass is 223 g/mol. The van der Waals surface area contributed by atoms with Crippen molar-refractivity contribution in [1.29, 1.82) is 0 Å². The molecule has 88 valence electrons. The number of aromatic nitrogens is 2. The molecule has 3 N–H and O–H groups in total. The molecule has 5 heteroatoms. The number of H-pyrrole nitrogens is 1. The minimum atomic E-state index is -0.803. The van der Waals surface area contributed by atoms with Crippen molar-refractivity contribution >= 4 is 11.7 Å². The van der Waals surface area contributed by atoms with Crippen molar-refractivity contribution in [2.75, 3.05) is 5.32 Å². The number of hydrogen-bond donors (Lipinski definition) is 3. The summed E-state index contributed by atoms with van der Waals surface area (Å²) in [5, 5.41) is 19.3. The Morgan fingerprint density at radius 1 is 1.50 bits per heavy atom. The van der Waals surface area contributed by atoms with Crippen LogP contribution in [0.2, 0.25) is 0 Å². The topological polar surface area (TPSA) is 78.0 Å². The van der Waals surface area contributed by atoms with Crippen LogP contribution in [0.5, 0.6) is 0 Å². The van der Waals surface area contributed by atoms with Gasteiger partial charge in [0.1, 0.15) is 5.82 Å². The van der Waals surface area contributed by atoms with Gasteiger partial charge in [-0.15, -0.1) is 0 Å². The molecule has 0 atom stereocenters. The quantitative estimate of drug-likeness (QED) is 0.725. The Balaban J connectivity index is 1.86. The summed E-state index contributed by atoms with van der Waals surface area (Å²) in [6.45, 7) is 0. The van der Waals surface area contributed by atoms with E-state index in [1.54, 1.807) is 12.3 Å². The zero-order valence-corrected chi connectivity index (χ0v) is 9.20. The van der Waals surface area contributed by atoms with Crippen molar-refractivity contribution in [3.05, 3.63) is 12.3 Å². The van der Waals surface area contributed by atoms with E-state index in [0.29, 0.717) is 5.82 Å². The van der Waals surface area contributed by atoms with Crippen molar-refractivity contribution in [3.63, 3.8) is 0 Å². The van der Waals surface area contributed by atoms with Crippen LogP contribution in [-0.2, 0) is 4.79 Å². The third kappa shape index (κ3) is 2.82. The maximum absolute atomic E-state index is 11.7. The summed E-state index contributed by atoms with van der Waals surface area (Å²) in [5.74, 6) is 0.415. The van der Waals surface area contributed by atoms with E-state index in [2.05, 4.69) is 15.5 Å². The zero-order chi connectivity index (χ0) is 11.4. The van der Waals surface area contributed by atoms with Crippen LogP contribution in [0, 0.1) is 0 Å². The van der Waals surface area contributed by atoms with Gasteiger partial charge in [-0.1, -0.05) is 19.3 Å². The number of aliphatic hydroxyl groups is 1. The van der Waals surface area contributed by atoms with E-state index >= 15 is 0 Å². The average molecular weight is 223 g/mol. The smallest absolute Gasteiger partial charge is 0.228 e. The van der Waals surface area contributed by atoms with E-state index < -0.39 is 5.60 Å². The summed E-state index contributed by atoms with van der Waals surface area (Å²) in [6, 6.07) is 1.68. The van der Waals surface area contributed by atoms with Crippen LogP contribution in [0.15, 0.2) is 12.3 Å². The van der Waals surface area contributed by atoms with Crippen molar-refractivity contribution in [2.45, 2.75) is 44.1 Å². The van der Waals surface area contributed by atoms with Crippen LogP contribution in [0.3, 0.4) is 0 Å². The summed E-state index contributed by atoms with van der Waals surface area (Å²) in [5.41, 5.74) is -0.803. The lowest BCUT2D eigenvalue weighted by Crippen LogP contribution is -2.35. The Bertz CT molecular complexity index is 342. The normalized spacial score (nSPS) is 19.3. The molecule has 1 aromatic rings. The fourth-order valence-electron chi connectivity index (χ4n) is 2.21. The Labute approximate surface area is 94.2 Å². The highest BCUT2D eigenvalue weighted by molar-refractivity contribution is 5.90. The van der Waals surface area contributed by atoms with Crippen molar-refractivity contribution in [3.8, 4) is 0 Å². The van der Waals surface area contributed by atoms with E-state index in [1.807, 2.05) is 0 Å². The summed E-state index contributed by atoms with van der Waals surface area (Å²) in [6.07, 6.45) is 6.37. The molecule has 1 fully saturated rings. The first kappa shape index (κ1) is 11.1. The van der Waals surface area contributed by atoms with Crippen molar-refractivity contribution in [1.82, 2.24) is 10.2 Å². The SMILES string of the molecule is O=C(CC1(O)CCCCC1)Nc1ccn[nH]1. The molecule has 0 bridgehead atoms. The van der Waals surface area contributed by atoms with Gasteiger partial charge in [-0.25, -0.2) is 0 Å². The molecular formula is C11H17N3O2. The molecule has 1 saturated carbocycles. The van der Waals surface area contributed by atoms with Gasteiger partial charge in [0.25, 0.3) is 0 Å². The van der Waals surface area contributed by atoms with Crippen LogP contribution in [-0.4, -0.2) is 26.8 Å². The number of carbonyl (C=O) groups excluding carboxylic acids is 1. The summed E-state index contributed by atoms with van der Waals surface area (Å²) < 4.78 is 0. The molecule has 1 aliphatic rings. The molecule has 16 heavy (non-hydrogen) atoms. The molecule has 0 radical (unpaired) electrons. The van der Waals surface area contributed by atoms with Gasteiger partial charge in [0, 0.05) is 6.07 Å². The molecule has 2 rings (SSSR count). The van der Waals surface area contributed by atoms with Gasteiger partial charge in [0.05, 0.1) is 18.2 Å². The molecule has 1 aliphatic carbocycles. The molecular weight excluding hydrogens is 206 g/mol. The average Bonchev–Trinajstić information content (AvgIpc) is 2.70. The minimum Gasteiger partial charge on any atom is -0.389 e. The van der Waals surface area contributed by atoms with E-state index in [-0.39, 0.29) is 12.3 Å². The van der Waals surface area contributed by atoms with Crippen LogP contribution in [0.25, 0.3) is 0 Å². The molecule has 0 aromatic carbocycles. The second kappa shape index (κ2) is 4.65. The molecule has 1 amide bonds. The molecule has 0 spiro atoms. The predicted molar refractivity (Wildman–Crippen MR) is 59.9 cm³/mol. The Kier molecular flexibility index (Phi) is 3.24. The molecule has 0 saturated heterocycles. The maximum Gasteiger partial charge on any atom is 0.228 e. The minimum absolute atomic E-state index is 0.159. The van der Waals surface area contributed by atoms with E-state index in [9.17, 15) is 9.90 Å². The van der Waals surface area contributed by atoms with Crippen molar-refractivity contribution in [2.24, 2.45) is 0 Å². The van der Waals surface area contributed by atoms with Gasteiger partial charge >= 0.3 is 0 Å². The first-order valence-corrected chi connectivity index (χ1v) is 5.70. The number of rotatable bonds is 3. The van der Waals surface area contributed by atoms with E-state index in [0.717, 1.165) is 32.1 Å². The predicted octanol–water partition coefficient (Wildman–Crippen LogP) is 1.43. The summed E-state index contributed by atoms with van der Waals surface area (Å²) in [7, 11) is 0. The molecule has 1 aromatic heterocycles. The summed E-state index contributed by atoms with van der Waals surface area (Å²) in [4.78, 5) is 11.7. The maximum atomic E-state index is 11.7. The second-order valence-corrected chi connectivity index (χ2v) is 4.48. The number of hydrogen-bond acceptors (Lipinski definition) is 3. The van der Waals surface area contributed by atoms with E-state index in [1.165, 1.54) is 0 Å².